The number of aromatic nitrogens is 1. The molecule has 0 bridgehead atoms. The van der Waals surface area contributed by atoms with Crippen LogP contribution in [0.25, 0.3) is 10.9 Å². The third-order valence-electron chi connectivity index (χ3n) is 6.60. The van der Waals surface area contributed by atoms with Gasteiger partial charge in [-0.2, -0.15) is 0 Å². The molecule has 1 atom stereocenters. The van der Waals surface area contributed by atoms with Crippen LogP contribution in [0.2, 0.25) is 0 Å². The molecule has 0 radical (unpaired) electrons. The number of anilines is 1. The number of carbonyl (C=O) groups is 2. The molecule has 7 heteroatoms. The third-order valence-corrected chi connectivity index (χ3v) is 7.13. The van der Waals surface area contributed by atoms with E-state index in [0.29, 0.717) is 24.2 Å². The van der Waals surface area contributed by atoms with Crippen LogP contribution < -0.4 is 5.32 Å². The van der Waals surface area contributed by atoms with E-state index < -0.39 is 12.1 Å². The molecular weight excluding hydrogens is 530 g/mol. The summed E-state index contributed by atoms with van der Waals surface area (Å²) in [6.45, 7) is 4.07. The van der Waals surface area contributed by atoms with Gasteiger partial charge in [0.1, 0.15) is 0 Å². The molecule has 2 heterocycles. The lowest BCUT2D eigenvalue weighted by Gasteiger charge is -2.30. The van der Waals surface area contributed by atoms with Gasteiger partial charge in [0.2, 0.25) is 0 Å². The van der Waals surface area contributed by atoms with Gasteiger partial charge in [0.05, 0.1) is 11.1 Å². The molecule has 1 N–H and O–H groups in total. The fourth-order valence-electron chi connectivity index (χ4n) is 4.72. The molecule has 4 aromatic rings. The fourth-order valence-corrected chi connectivity index (χ4v) is 4.99. The molecule has 3 aromatic carbocycles. The molecule has 1 unspecified atom stereocenters. The molecule has 0 saturated carbocycles. The highest BCUT2D eigenvalue weighted by atomic mass is 79.9. The fraction of sp³-hybridized carbons (Fsp3) is 0.233. The van der Waals surface area contributed by atoms with Crippen molar-refractivity contribution in [2.75, 3.05) is 11.9 Å². The molecule has 1 aliphatic rings. The van der Waals surface area contributed by atoms with Crippen molar-refractivity contribution in [3.05, 3.63) is 106 Å². The van der Waals surface area contributed by atoms with Crippen LogP contribution in [0.1, 0.15) is 40.5 Å². The predicted molar refractivity (Wildman–Crippen MR) is 148 cm³/mol. The Hall–Kier alpha value is -3.55. The average Bonchev–Trinajstić information content (AvgIpc) is 2.92. The standard InChI is InChI=1S/C30H28BrN3O3/c1-2-27(29(35)32-22-14-12-21(31)13-15-22)37-30(36)28-23-10-6-7-11-25(23)33-26-16-17-34(19-24(26)28)18-20-8-4-3-5-9-20/h3-15,27H,2,16-19H2,1H3,(H,32,35). The van der Waals surface area contributed by atoms with Gasteiger partial charge in [-0.25, -0.2) is 4.79 Å². The summed E-state index contributed by atoms with van der Waals surface area (Å²) in [6.07, 6.45) is 0.191. The van der Waals surface area contributed by atoms with Crippen molar-refractivity contribution >= 4 is 44.4 Å². The lowest BCUT2D eigenvalue weighted by Crippen LogP contribution is -2.34. The Kier molecular flexibility index (Phi) is 7.63. The molecule has 0 spiro atoms. The minimum absolute atomic E-state index is 0.351. The molecule has 188 valence electrons. The summed E-state index contributed by atoms with van der Waals surface area (Å²) in [5.74, 6) is -0.842. The molecule has 1 aliphatic heterocycles. The number of amides is 1. The maximum Gasteiger partial charge on any atom is 0.340 e. The quantitative estimate of drug-likeness (QED) is 0.277. The summed E-state index contributed by atoms with van der Waals surface area (Å²) in [4.78, 5) is 33.9. The Morgan fingerprint density at radius 1 is 1.03 bits per heavy atom. The molecule has 0 saturated heterocycles. The Balaban J connectivity index is 1.42. The SMILES string of the molecule is CCC(OC(=O)c1c2c(nc3ccccc13)CCN(Cc1ccccc1)C2)C(=O)Nc1ccc(Br)cc1. The minimum atomic E-state index is -0.914. The first kappa shape index (κ1) is 25.1. The molecular formula is C30H28BrN3O3. The van der Waals surface area contributed by atoms with Crippen LogP contribution in [0.5, 0.6) is 0 Å². The second-order valence-corrected chi connectivity index (χ2v) is 10.1. The van der Waals surface area contributed by atoms with Crippen LogP contribution in [-0.4, -0.2) is 34.4 Å². The van der Waals surface area contributed by atoms with Crippen molar-refractivity contribution in [2.24, 2.45) is 0 Å². The van der Waals surface area contributed by atoms with Crippen molar-refractivity contribution in [3.63, 3.8) is 0 Å². The summed E-state index contributed by atoms with van der Waals surface area (Å²) in [7, 11) is 0. The van der Waals surface area contributed by atoms with Crippen molar-refractivity contribution in [2.45, 2.75) is 39.0 Å². The second kappa shape index (κ2) is 11.2. The predicted octanol–water partition coefficient (Wildman–Crippen LogP) is 6.13. The summed E-state index contributed by atoms with van der Waals surface area (Å²) < 4.78 is 6.78. The third kappa shape index (κ3) is 5.73. The zero-order chi connectivity index (χ0) is 25.8. The number of nitrogens with zero attached hydrogens (tertiary/aromatic N) is 2. The van der Waals surface area contributed by atoms with Crippen LogP contribution in [-0.2, 0) is 29.0 Å². The Morgan fingerprint density at radius 3 is 2.51 bits per heavy atom. The second-order valence-electron chi connectivity index (χ2n) is 9.17. The number of carbonyl (C=O) groups excluding carboxylic acids is 2. The minimum Gasteiger partial charge on any atom is -0.449 e. The van der Waals surface area contributed by atoms with Crippen molar-refractivity contribution in [3.8, 4) is 0 Å². The number of esters is 1. The van der Waals surface area contributed by atoms with Gasteiger partial charge in [0.25, 0.3) is 5.91 Å². The average molecular weight is 558 g/mol. The first-order valence-electron chi connectivity index (χ1n) is 12.5. The molecule has 5 rings (SSSR count). The number of rotatable bonds is 7. The topological polar surface area (TPSA) is 71.5 Å². The van der Waals surface area contributed by atoms with Gasteiger partial charge >= 0.3 is 5.97 Å². The monoisotopic (exact) mass is 557 g/mol. The number of nitrogens with one attached hydrogen (secondary N) is 1. The van der Waals surface area contributed by atoms with Gasteiger partial charge in [0.15, 0.2) is 6.10 Å². The number of pyridine rings is 1. The summed E-state index contributed by atoms with van der Waals surface area (Å²) in [6, 6.07) is 25.2. The lowest BCUT2D eigenvalue weighted by atomic mass is 9.95. The van der Waals surface area contributed by atoms with E-state index in [1.165, 1.54) is 5.56 Å². The van der Waals surface area contributed by atoms with Gasteiger partial charge in [-0.15, -0.1) is 0 Å². The van der Waals surface area contributed by atoms with Crippen molar-refractivity contribution < 1.29 is 14.3 Å². The van der Waals surface area contributed by atoms with Crippen LogP contribution in [0.3, 0.4) is 0 Å². The maximum atomic E-state index is 13.7. The van der Waals surface area contributed by atoms with Crippen molar-refractivity contribution in [1.29, 1.82) is 0 Å². The number of ether oxygens (including phenoxy) is 1. The highest BCUT2D eigenvalue weighted by Gasteiger charge is 2.29. The first-order chi connectivity index (χ1) is 18.0. The Labute approximate surface area is 224 Å². The Bertz CT molecular complexity index is 1420. The number of benzene rings is 3. The molecule has 1 amide bonds. The van der Waals surface area contributed by atoms with Gasteiger partial charge in [0, 0.05) is 52.9 Å². The van der Waals surface area contributed by atoms with E-state index in [4.69, 9.17) is 9.72 Å². The summed E-state index contributed by atoms with van der Waals surface area (Å²) in [5.41, 5.74) is 4.94. The van der Waals surface area contributed by atoms with E-state index in [-0.39, 0.29) is 5.91 Å². The number of para-hydroxylation sites is 1. The number of hydrogen-bond donors (Lipinski definition) is 1. The van der Waals surface area contributed by atoms with E-state index in [9.17, 15) is 9.59 Å². The number of fused-ring (bicyclic) bond motifs is 2. The summed E-state index contributed by atoms with van der Waals surface area (Å²) >= 11 is 3.39. The van der Waals surface area contributed by atoms with Crippen LogP contribution in [0.15, 0.2) is 83.3 Å². The van der Waals surface area contributed by atoms with Gasteiger partial charge in [-0.05, 0) is 42.3 Å². The molecule has 6 nitrogen and oxygen atoms in total. The van der Waals surface area contributed by atoms with Crippen LogP contribution >= 0.6 is 15.9 Å². The molecule has 0 aliphatic carbocycles. The Morgan fingerprint density at radius 2 is 1.76 bits per heavy atom. The van der Waals surface area contributed by atoms with Gasteiger partial charge < -0.3 is 10.1 Å². The van der Waals surface area contributed by atoms with E-state index in [1.54, 1.807) is 12.1 Å². The van der Waals surface area contributed by atoms with E-state index in [0.717, 1.165) is 46.1 Å². The number of halogens is 1. The highest BCUT2D eigenvalue weighted by Crippen LogP contribution is 2.30. The number of hydrogen-bond acceptors (Lipinski definition) is 5. The van der Waals surface area contributed by atoms with Crippen LogP contribution in [0.4, 0.5) is 5.69 Å². The highest BCUT2D eigenvalue weighted by molar-refractivity contribution is 9.10. The van der Waals surface area contributed by atoms with E-state index in [1.807, 2.05) is 61.5 Å². The molecule has 37 heavy (non-hydrogen) atoms. The summed E-state index contributed by atoms with van der Waals surface area (Å²) in [5, 5.41) is 3.60. The largest absolute Gasteiger partial charge is 0.449 e. The normalized spacial score (nSPS) is 14.1. The van der Waals surface area contributed by atoms with E-state index >= 15 is 0 Å². The zero-order valence-electron chi connectivity index (χ0n) is 20.6. The molecule has 1 aromatic heterocycles. The smallest absolute Gasteiger partial charge is 0.340 e. The maximum absolute atomic E-state index is 13.7. The first-order valence-corrected chi connectivity index (χ1v) is 13.3. The van der Waals surface area contributed by atoms with Gasteiger partial charge in [-0.3, -0.25) is 14.7 Å². The van der Waals surface area contributed by atoms with Gasteiger partial charge in [-0.1, -0.05) is 71.4 Å². The van der Waals surface area contributed by atoms with Crippen molar-refractivity contribution in [1.82, 2.24) is 9.88 Å². The van der Waals surface area contributed by atoms with Crippen LogP contribution in [0, 0.1) is 0 Å². The zero-order valence-corrected chi connectivity index (χ0v) is 22.2. The van der Waals surface area contributed by atoms with E-state index in [2.05, 4.69) is 38.3 Å². The molecule has 0 fully saturated rings. The lowest BCUT2D eigenvalue weighted by molar-refractivity contribution is -0.124.